The summed E-state index contributed by atoms with van der Waals surface area (Å²) in [7, 11) is -9.46. The first kappa shape index (κ1) is 73.2. The highest BCUT2D eigenvalue weighted by atomic mass is 32.3. The molecule has 0 bridgehead atoms. The first-order valence-electron chi connectivity index (χ1n) is 31.5. The van der Waals surface area contributed by atoms with Gasteiger partial charge in [-0.3, -0.25) is 18.7 Å². The molecule has 6 aliphatic heterocycles. The second kappa shape index (κ2) is 27.2. The largest absolute Gasteiger partial charge is 0.458 e. The Bertz CT molecular complexity index is 2970. The van der Waals surface area contributed by atoms with Crippen LogP contribution in [0.2, 0.25) is 0 Å². The molecule has 6 heterocycles. The molecule has 10 aliphatic rings. The average molecular weight is 1380 g/mol. The number of hydrogen-bond donors (Lipinski definition) is 12. The lowest BCUT2D eigenvalue weighted by Gasteiger charge is -2.63. The molecule has 6 saturated heterocycles. The summed E-state index contributed by atoms with van der Waals surface area (Å²) in [6, 6.07) is 0. The Morgan fingerprint density at radius 3 is 1.94 bits per heavy atom. The van der Waals surface area contributed by atoms with Gasteiger partial charge in [-0.1, -0.05) is 44.9 Å². The minimum absolute atomic E-state index is 0.0191. The Labute approximate surface area is 538 Å². The Balaban J connectivity index is 0.921. The standard InChI is InChI=1S/C59H92O32S2/c1-24(2)11-10-16-58(8)48-28(61)19-57(7)27-12-13-33-55(4,5)34(15-17-56(33,6)26(27)14-18-59(48,57)54(71)90-58)85-52-46(38(66)32(22-80-52)91-93(75,76)77)89-53-47(88-49-39(67)35(63)29(62)21-79-49)40(68)43(25(3)82-53)86-51-42(70)45(37(65)31(84-51)23-81-92(72,73)74)87-50-41(69)44(78-9)36(64)30(20-60)83-50/h12,25-26,29-53,60,62-70H,1,10-11,13-23H2,2-9H3,(H,72,73,74)(H,75,76,77)/t25-,26+,29-,30-,31-,32-,33+,34+,35+,36-,37-,38+,39-,40+,41-,42-,43-,44+,45+,46-,47-,48-,49+,50+,51+,52+,53+,56-,57+,58+,59?/m1/s1. The number of methoxy groups -OCH3 is 1. The normalized spacial score (nSPS) is 49.2. The van der Waals surface area contributed by atoms with Gasteiger partial charge in [0.25, 0.3) is 0 Å². The molecule has 32 nitrogen and oxygen atoms in total. The first-order chi connectivity index (χ1) is 43.4. The lowest BCUT2D eigenvalue weighted by Crippen LogP contribution is -2.68. The topological polar surface area (TPSA) is 474 Å². The predicted octanol–water partition coefficient (Wildman–Crippen LogP) is -2.09. The van der Waals surface area contributed by atoms with Crippen LogP contribution in [0.1, 0.15) is 106 Å². The number of aliphatic hydroxyl groups excluding tert-OH is 10. The Hall–Kier alpha value is -2.48. The molecule has 0 radical (unpaired) electrons. The predicted molar refractivity (Wildman–Crippen MR) is 308 cm³/mol. The van der Waals surface area contributed by atoms with Crippen molar-refractivity contribution in [3.05, 3.63) is 23.8 Å². The number of fused-ring (bicyclic) bond motifs is 4. The number of carbonyl (C=O) groups excluding carboxylic acids is 2. The molecular formula is C59H92O32S2. The van der Waals surface area contributed by atoms with E-state index in [4.69, 9.17) is 61.0 Å². The number of cyclic esters (lactones) is 1. The number of ether oxygens (including phenoxy) is 12. The van der Waals surface area contributed by atoms with Crippen LogP contribution >= 0.6 is 0 Å². The molecule has 10 rings (SSSR count). The maximum atomic E-state index is 14.5. The van der Waals surface area contributed by atoms with Crippen LogP contribution in [0.25, 0.3) is 0 Å². The number of rotatable bonds is 21. The first-order valence-corrected chi connectivity index (χ1v) is 34.2. The molecule has 34 heteroatoms. The van der Waals surface area contributed by atoms with Gasteiger partial charge in [-0.05, 0) is 94.8 Å². The molecule has 0 aromatic heterocycles. The van der Waals surface area contributed by atoms with Crippen LogP contribution in [0, 0.1) is 39.4 Å². The van der Waals surface area contributed by atoms with Crippen molar-refractivity contribution < 1.29 is 152 Å². The molecule has 532 valence electrons. The number of ketones is 1. The summed E-state index contributed by atoms with van der Waals surface area (Å²) in [5, 5.41) is 112. The van der Waals surface area contributed by atoms with Crippen LogP contribution in [0.4, 0.5) is 0 Å². The number of aliphatic hydroxyl groups is 10. The van der Waals surface area contributed by atoms with Gasteiger partial charge in [-0.2, -0.15) is 16.8 Å². The number of hydrogen-bond acceptors (Lipinski definition) is 30. The van der Waals surface area contributed by atoms with Gasteiger partial charge in [0.1, 0.15) is 115 Å². The SMILES string of the molecule is C=C(C)CCC[C@]1(C)OC(=O)C23CC[C@H]4C(=CC[C@H]5C(C)(C)[C@@H](O[C@@H]6OC[C@@H](OS(=O)(=O)O)[C@H](O)[C@H]6O[C@@H]6O[C@H](C)[C@@H](O[C@@H]7O[C@H](COS(=O)(=O)O)[C@@H](O)[C@H](O[C@@H]8O[C@H](CO)[C@@H](O)[C@H](OC)[C@H]8O)[C@H]7O)[C@H](O)[C@H]6O[C@@H]6OC[C@@H](O)[C@H](O)[C@H]6O)CC[C@]45C)[C@]2(C)CC(=O)[C@@H]31. The highest BCUT2D eigenvalue weighted by Gasteiger charge is 2.79. The number of Topliss-reactive ketones (excluding diaryl/α,β-unsaturated/α-hetero) is 1. The van der Waals surface area contributed by atoms with Crippen LogP contribution in [0.15, 0.2) is 23.8 Å². The minimum Gasteiger partial charge on any atom is -0.458 e. The van der Waals surface area contributed by atoms with Gasteiger partial charge in [0.05, 0.1) is 50.0 Å². The summed E-state index contributed by atoms with van der Waals surface area (Å²) >= 11 is 0. The van der Waals surface area contributed by atoms with E-state index in [9.17, 15) is 86.6 Å². The summed E-state index contributed by atoms with van der Waals surface area (Å²) in [4.78, 5) is 28.9. The summed E-state index contributed by atoms with van der Waals surface area (Å²) in [5.74, 6) is -1.10. The van der Waals surface area contributed by atoms with Crippen molar-refractivity contribution in [2.45, 2.75) is 259 Å². The molecule has 0 aromatic rings. The lowest BCUT2D eigenvalue weighted by atomic mass is 9.41. The van der Waals surface area contributed by atoms with E-state index in [0.717, 1.165) is 24.7 Å². The van der Waals surface area contributed by atoms with Crippen molar-refractivity contribution in [1.29, 1.82) is 0 Å². The molecule has 12 N–H and O–H groups in total. The lowest BCUT2D eigenvalue weighted by molar-refractivity contribution is -0.403. The van der Waals surface area contributed by atoms with Crippen LogP contribution in [0.5, 0.6) is 0 Å². The number of esters is 1. The van der Waals surface area contributed by atoms with E-state index >= 15 is 0 Å². The van der Waals surface area contributed by atoms with E-state index in [1.807, 2.05) is 34.6 Å². The van der Waals surface area contributed by atoms with Gasteiger partial charge in [-0.25, -0.2) is 8.37 Å². The van der Waals surface area contributed by atoms with E-state index in [2.05, 4.69) is 23.8 Å². The molecular weight excluding hydrogens is 1280 g/mol. The van der Waals surface area contributed by atoms with Gasteiger partial charge < -0.3 is 108 Å². The third kappa shape index (κ3) is 13.5. The molecule has 0 aromatic carbocycles. The van der Waals surface area contributed by atoms with Crippen LogP contribution in [-0.4, -0.2) is 275 Å². The van der Waals surface area contributed by atoms with Crippen molar-refractivity contribution >= 4 is 32.6 Å². The average Bonchev–Trinajstić information content (AvgIpc) is 1.52. The molecule has 1 unspecified atom stereocenters. The number of allylic oxidation sites excluding steroid dienone is 3. The van der Waals surface area contributed by atoms with Crippen LogP contribution < -0.4 is 0 Å². The second-order valence-electron chi connectivity index (χ2n) is 28.2. The van der Waals surface area contributed by atoms with Crippen molar-refractivity contribution in [3.8, 4) is 0 Å². The molecule has 3 saturated carbocycles. The van der Waals surface area contributed by atoms with Gasteiger partial charge in [0.15, 0.2) is 31.5 Å². The second-order valence-corrected chi connectivity index (χ2v) is 30.3. The zero-order valence-corrected chi connectivity index (χ0v) is 54.5. The maximum absolute atomic E-state index is 14.5. The monoisotopic (exact) mass is 1380 g/mol. The zero-order chi connectivity index (χ0) is 68.2. The molecule has 1 spiro atoms. The quantitative estimate of drug-likeness (QED) is 0.0333. The van der Waals surface area contributed by atoms with Crippen molar-refractivity contribution in [3.63, 3.8) is 0 Å². The highest BCUT2D eigenvalue weighted by Crippen LogP contribution is 2.75. The summed E-state index contributed by atoms with van der Waals surface area (Å²) in [5.41, 5.74) is -1.91. The fourth-order valence-corrected chi connectivity index (χ4v) is 18.2. The molecule has 93 heavy (non-hydrogen) atoms. The van der Waals surface area contributed by atoms with E-state index in [1.165, 1.54) is 6.92 Å². The highest BCUT2D eigenvalue weighted by molar-refractivity contribution is 7.81. The van der Waals surface area contributed by atoms with E-state index < -0.39 is 228 Å². The van der Waals surface area contributed by atoms with Gasteiger partial charge >= 0.3 is 26.8 Å². The summed E-state index contributed by atoms with van der Waals surface area (Å²) in [6.07, 6.45) is -37.5. The van der Waals surface area contributed by atoms with Gasteiger partial charge in [0, 0.05) is 18.9 Å². The van der Waals surface area contributed by atoms with Crippen molar-refractivity contribution in [1.82, 2.24) is 0 Å². The van der Waals surface area contributed by atoms with Crippen molar-refractivity contribution in [2.75, 3.05) is 33.5 Å². The van der Waals surface area contributed by atoms with E-state index in [0.29, 0.717) is 44.9 Å². The minimum atomic E-state index is -5.32. The summed E-state index contributed by atoms with van der Waals surface area (Å²) < 4.78 is 149. The van der Waals surface area contributed by atoms with Gasteiger partial charge in [0.2, 0.25) is 0 Å². The fourth-order valence-electron chi connectivity index (χ4n) is 17.4. The summed E-state index contributed by atoms with van der Waals surface area (Å²) in [6.45, 7) is 14.1. The van der Waals surface area contributed by atoms with E-state index in [-0.39, 0.29) is 30.0 Å². The third-order valence-electron chi connectivity index (χ3n) is 22.0. The maximum Gasteiger partial charge on any atom is 0.397 e. The zero-order valence-electron chi connectivity index (χ0n) is 52.9. The van der Waals surface area contributed by atoms with E-state index in [1.54, 1.807) is 0 Å². The number of carbonyl (C=O) groups is 2. The Morgan fingerprint density at radius 2 is 1.29 bits per heavy atom. The fraction of sp³-hybridized carbons (Fsp3) is 0.898. The molecule has 4 aliphatic carbocycles. The smallest absolute Gasteiger partial charge is 0.397 e. The molecule has 9 fully saturated rings. The molecule has 31 atom stereocenters. The van der Waals surface area contributed by atoms with Crippen LogP contribution in [-0.2, 0) is 95.6 Å². The third-order valence-corrected chi connectivity index (χ3v) is 23.0. The Kier molecular flexibility index (Phi) is 21.4. The van der Waals surface area contributed by atoms with Crippen LogP contribution in [0.3, 0.4) is 0 Å². The Morgan fingerprint density at radius 1 is 0.677 bits per heavy atom. The van der Waals surface area contributed by atoms with Crippen molar-refractivity contribution in [2.24, 2.45) is 39.4 Å². The van der Waals surface area contributed by atoms with Gasteiger partial charge in [-0.15, -0.1) is 6.58 Å². The molecule has 0 amide bonds.